The van der Waals surface area contributed by atoms with Gasteiger partial charge in [-0.2, -0.15) is 0 Å². The monoisotopic (exact) mass is 302 g/mol. The van der Waals surface area contributed by atoms with E-state index in [2.05, 4.69) is 64.8 Å². The molecule has 0 aromatic heterocycles. The first kappa shape index (κ1) is 16.8. The molecular weight excluding hydrogens is 272 g/mol. The highest BCUT2D eigenvalue weighted by atomic mass is 15.2. The molecule has 0 unspecified atom stereocenters. The van der Waals surface area contributed by atoms with E-state index in [-0.39, 0.29) is 0 Å². The first-order chi connectivity index (χ1) is 10.7. The zero-order chi connectivity index (χ0) is 15.8. The third kappa shape index (κ3) is 4.23. The Balaban J connectivity index is 1.84. The summed E-state index contributed by atoms with van der Waals surface area (Å²) in [6.45, 7) is 6.15. The van der Waals surface area contributed by atoms with E-state index in [9.17, 15) is 0 Å². The number of rotatable bonds is 7. The molecule has 1 aliphatic rings. The second-order valence-electron chi connectivity index (χ2n) is 6.25. The highest BCUT2D eigenvalue weighted by Gasteiger charge is 2.38. The quantitative estimate of drug-likeness (QED) is 0.599. The lowest BCUT2D eigenvalue weighted by atomic mass is 9.64. The van der Waals surface area contributed by atoms with Gasteiger partial charge in [0.25, 0.3) is 0 Å². The summed E-state index contributed by atoms with van der Waals surface area (Å²) in [5.74, 6) is 0.909. The summed E-state index contributed by atoms with van der Waals surface area (Å²) >= 11 is 0. The molecule has 4 heteroatoms. The van der Waals surface area contributed by atoms with Gasteiger partial charge in [-0.1, -0.05) is 43.7 Å². The minimum Gasteiger partial charge on any atom is -0.356 e. The van der Waals surface area contributed by atoms with E-state index in [1.165, 1.54) is 24.8 Å². The van der Waals surface area contributed by atoms with E-state index in [1.807, 2.05) is 7.05 Å². The van der Waals surface area contributed by atoms with Gasteiger partial charge in [-0.15, -0.1) is 0 Å². The lowest BCUT2D eigenvalue weighted by Gasteiger charge is -2.43. The highest BCUT2D eigenvalue weighted by Crippen LogP contribution is 2.43. The number of nitrogens with one attached hydrogen (secondary N) is 2. The molecule has 4 nitrogen and oxygen atoms in total. The minimum atomic E-state index is 0.291. The van der Waals surface area contributed by atoms with Crippen molar-refractivity contribution in [2.75, 3.05) is 40.3 Å². The molecule has 2 rings (SSSR count). The maximum Gasteiger partial charge on any atom is 0.191 e. The van der Waals surface area contributed by atoms with Crippen LogP contribution in [0.25, 0.3) is 0 Å². The lowest BCUT2D eigenvalue weighted by Crippen LogP contribution is -2.49. The molecule has 0 radical (unpaired) electrons. The van der Waals surface area contributed by atoms with Gasteiger partial charge in [-0.25, -0.2) is 0 Å². The van der Waals surface area contributed by atoms with E-state index in [4.69, 9.17) is 0 Å². The molecule has 0 saturated heterocycles. The molecule has 0 atom stereocenters. The molecule has 0 spiro atoms. The fraction of sp³-hybridized carbons (Fsp3) is 0.611. The standard InChI is InChI=1S/C18H30N4/c1-4-22(3)14-13-20-17(19-2)21-15-18(11-8-12-18)16-9-6-5-7-10-16/h5-7,9-10H,4,8,11-15H2,1-3H3,(H2,19,20,21). The second-order valence-corrected chi connectivity index (χ2v) is 6.25. The van der Waals surface area contributed by atoms with Crippen LogP contribution in [0, 0.1) is 0 Å². The number of aliphatic imine (C=N–C) groups is 1. The Morgan fingerprint density at radius 3 is 2.50 bits per heavy atom. The normalized spacial score (nSPS) is 17.2. The SMILES string of the molecule is CCN(C)CCNC(=NC)NCC1(c2ccccc2)CCC1. The molecule has 1 aromatic carbocycles. The van der Waals surface area contributed by atoms with Crippen LogP contribution < -0.4 is 10.6 Å². The number of likely N-dealkylation sites (N-methyl/N-ethyl adjacent to an activating group) is 1. The fourth-order valence-corrected chi connectivity index (χ4v) is 2.96. The Hall–Kier alpha value is -1.55. The third-order valence-corrected chi connectivity index (χ3v) is 4.84. The van der Waals surface area contributed by atoms with E-state index in [0.717, 1.165) is 32.1 Å². The van der Waals surface area contributed by atoms with Crippen LogP contribution in [-0.4, -0.2) is 51.1 Å². The van der Waals surface area contributed by atoms with Crippen molar-refractivity contribution in [3.8, 4) is 0 Å². The lowest BCUT2D eigenvalue weighted by molar-refractivity contribution is 0.243. The first-order valence-electron chi connectivity index (χ1n) is 8.39. The largest absolute Gasteiger partial charge is 0.356 e. The second kappa shape index (κ2) is 8.18. The molecule has 0 bridgehead atoms. The molecule has 122 valence electrons. The molecule has 1 fully saturated rings. The van der Waals surface area contributed by atoms with Crippen LogP contribution in [0.5, 0.6) is 0 Å². The van der Waals surface area contributed by atoms with Crippen molar-refractivity contribution in [2.24, 2.45) is 4.99 Å². The summed E-state index contributed by atoms with van der Waals surface area (Å²) in [5, 5.41) is 6.93. The smallest absolute Gasteiger partial charge is 0.191 e. The van der Waals surface area contributed by atoms with Crippen molar-refractivity contribution in [3.63, 3.8) is 0 Å². The molecule has 0 amide bonds. The van der Waals surface area contributed by atoms with Crippen molar-refractivity contribution in [3.05, 3.63) is 35.9 Å². The number of benzene rings is 1. The predicted molar refractivity (Wildman–Crippen MR) is 94.5 cm³/mol. The van der Waals surface area contributed by atoms with E-state index < -0.39 is 0 Å². The summed E-state index contributed by atoms with van der Waals surface area (Å²) in [4.78, 5) is 6.63. The topological polar surface area (TPSA) is 39.7 Å². The summed E-state index contributed by atoms with van der Waals surface area (Å²) in [6.07, 6.45) is 3.85. The van der Waals surface area contributed by atoms with Crippen molar-refractivity contribution in [1.29, 1.82) is 0 Å². The zero-order valence-corrected chi connectivity index (χ0v) is 14.2. The molecule has 0 aliphatic heterocycles. The van der Waals surface area contributed by atoms with Gasteiger partial charge < -0.3 is 15.5 Å². The van der Waals surface area contributed by atoms with Crippen LogP contribution in [0.3, 0.4) is 0 Å². The summed E-state index contributed by atoms with van der Waals surface area (Å²) in [5.41, 5.74) is 1.74. The average Bonchev–Trinajstić information content (AvgIpc) is 2.52. The number of hydrogen-bond donors (Lipinski definition) is 2. The Morgan fingerprint density at radius 2 is 1.95 bits per heavy atom. The number of hydrogen-bond acceptors (Lipinski definition) is 2. The maximum absolute atomic E-state index is 4.34. The molecule has 2 N–H and O–H groups in total. The van der Waals surface area contributed by atoms with Crippen molar-refractivity contribution in [2.45, 2.75) is 31.6 Å². The Kier molecular flexibility index (Phi) is 6.25. The van der Waals surface area contributed by atoms with Crippen molar-refractivity contribution in [1.82, 2.24) is 15.5 Å². The van der Waals surface area contributed by atoms with Gasteiger partial charge in [0, 0.05) is 32.1 Å². The Morgan fingerprint density at radius 1 is 1.23 bits per heavy atom. The van der Waals surface area contributed by atoms with Crippen LogP contribution in [0.4, 0.5) is 0 Å². The maximum atomic E-state index is 4.34. The van der Waals surface area contributed by atoms with Gasteiger partial charge in [0.1, 0.15) is 0 Å². The van der Waals surface area contributed by atoms with Gasteiger partial charge in [-0.3, -0.25) is 4.99 Å². The minimum absolute atomic E-state index is 0.291. The first-order valence-corrected chi connectivity index (χ1v) is 8.39. The highest BCUT2D eigenvalue weighted by molar-refractivity contribution is 5.79. The molecule has 0 heterocycles. The molecule has 1 aliphatic carbocycles. The van der Waals surface area contributed by atoms with Gasteiger partial charge in [0.15, 0.2) is 5.96 Å². The summed E-state index contributed by atoms with van der Waals surface area (Å²) < 4.78 is 0. The van der Waals surface area contributed by atoms with Crippen LogP contribution >= 0.6 is 0 Å². The number of guanidine groups is 1. The molecule has 1 aromatic rings. The van der Waals surface area contributed by atoms with Gasteiger partial charge in [0.2, 0.25) is 0 Å². The molecule has 1 saturated carbocycles. The van der Waals surface area contributed by atoms with E-state index in [0.29, 0.717) is 5.41 Å². The van der Waals surface area contributed by atoms with Gasteiger partial charge in [-0.05, 0) is 32.0 Å². The fourth-order valence-electron chi connectivity index (χ4n) is 2.96. The van der Waals surface area contributed by atoms with Crippen LogP contribution in [0.2, 0.25) is 0 Å². The van der Waals surface area contributed by atoms with Gasteiger partial charge >= 0.3 is 0 Å². The van der Waals surface area contributed by atoms with E-state index in [1.54, 1.807) is 0 Å². The zero-order valence-electron chi connectivity index (χ0n) is 14.2. The number of nitrogens with zero attached hydrogens (tertiary/aromatic N) is 2. The van der Waals surface area contributed by atoms with Crippen molar-refractivity contribution >= 4 is 5.96 Å². The Labute approximate surface area is 135 Å². The molecule has 22 heavy (non-hydrogen) atoms. The summed E-state index contributed by atoms with van der Waals surface area (Å²) in [6, 6.07) is 10.9. The van der Waals surface area contributed by atoms with E-state index >= 15 is 0 Å². The molecular formula is C18H30N4. The predicted octanol–water partition coefficient (Wildman–Crippen LogP) is 2.23. The average molecular weight is 302 g/mol. The Bertz CT molecular complexity index is 465. The van der Waals surface area contributed by atoms with Crippen molar-refractivity contribution < 1.29 is 0 Å². The van der Waals surface area contributed by atoms with Crippen LogP contribution in [0.15, 0.2) is 35.3 Å². The summed E-state index contributed by atoms with van der Waals surface area (Å²) in [7, 11) is 3.98. The van der Waals surface area contributed by atoms with Gasteiger partial charge in [0.05, 0.1) is 0 Å². The van der Waals surface area contributed by atoms with Crippen LogP contribution in [0.1, 0.15) is 31.7 Å². The van der Waals surface area contributed by atoms with Crippen LogP contribution in [-0.2, 0) is 5.41 Å². The third-order valence-electron chi connectivity index (χ3n) is 4.84.